The molecule has 3 rings (SSSR count). The molecule has 2 heterocycles. The molecule has 29 heavy (non-hydrogen) atoms. The summed E-state index contributed by atoms with van der Waals surface area (Å²) in [6.07, 6.45) is -3.83. The summed E-state index contributed by atoms with van der Waals surface area (Å²) in [5.41, 5.74) is 1.10. The normalized spacial score (nSPS) is 16.0. The van der Waals surface area contributed by atoms with Gasteiger partial charge in [-0.2, -0.15) is 15.6 Å². The Balaban J connectivity index is 1.55. The zero-order chi connectivity index (χ0) is 21.1. The van der Waals surface area contributed by atoms with E-state index >= 15 is 0 Å². The number of aryl methyl sites for hydroxylation is 1. The molecule has 0 unspecified atom stereocenters. The van der Waals surface area contributed by atoms with E-state index in [9.17, 15) is 26.4 Å². The first kappa shape index (κ1) is 21.6. The van der Waals surface area contributed by atoms with Crippen LogP contribution in [0, 0.1) is 0 Å². The molecule has 158 valence electrons. The molecule has 0 N–H and O–H groups in total. The van der Waals surface area contributed by atoms with E-state index in [0.29, 0.717) is 12.8 Å². The number of halogens is 3. The van der Waals surface area contributed by atoms with Crippen LogP contribution in [0.25, 0.3) is 0 Å². The smallest absolute Gasteiger partial charge is 0.406 e. The number of nitrogens with zero attached hydrogens (tertiary/aromatic N) is 2. The second kappa shape index (κ2) is 8.72. The van der Waals surface area contributed by atoms with Crippen molar-refractivity contribution in [3.05, 3.63) is 46.7 Å². The lowest BCUT2D eigenvalue weighted by Crippen LogP contribution is -2.50. The van der Waals surface area contributed by atoms with Crippen molar-refractivity contribution in [2.75, 3.05) is 26.2 Å². The zero-order valence-corrected chi connectivity index (χ0v) is 16.9. The first-order chi connectivity index (χ1) is 13.6. The number of rotatable bonds is 6. The lowest BCUT2D eigenvalue weighted by molar-refractivity contribution is -0.274. The third-order valence-corrected chi connectivity index (χ3v) is 7.14. The summed E-state index contributed by atoms with van der Waals surface area (Å²) in [5, 5.41) is 3.94. The SMILES string of the molecule is O=C(CCc1ccsc1)N1CCN(S(=O)(=O)c2ccc(OC(F)(F)F)cc2)CC1. The molecule has 0 spiro atoms. The molecule has 2 aromatic rings. The van der Waals surface area contributed by atoms with E-state index in [4.69, 9.17) is 0 Å². The van der Waals surface area contributed by atoms with Crippen molar-refractivity contribution in [1.82, 2.24) is 9.21 Å². The molecule has 0 bridgehead atoms. The second-order valence-corrected chi connectivity index (χ2v) is 9.15. The predicted octanol–water partition coefficient (Wildman–Crippen LogP) is 3.11. The number of carbonyl (C=O) groups is 1. The molecule has 1 aromatic carbocycles. The maximum absolute atomic E-state index is 12.7. The summed E-state index contributed by atoms with van der Waals surface area (Å²) in [4.78, 5) is 13.8. The van der Waals surface area contributed by atoms with Gasteiger partial charge >= 0.3 is 6.36 Å². The summed E-state index contributed by atoms with van der Waals surface area (Å²) in [5.74, 6) is -0.514. The highest BCUT2D eigenvalue weighted by molar-refractivity contribution is 7.89. The van der Waals surface area contributed by atoms with E-state index in [0.717, 1.165) is 29.8 Å². The molecular formula is C18H19F3N2O4S2. The quantitative estimate of drug-likeness (QED) is 0.681. The molecule has 1 saturated heterocycles. The van der Waals surface area contributed by atoms with Gasteiger partial charge in [-0.15, -0.1) is 13.2 Å². The number of hydrogen-bond donors (Lipinski definition) is 0. The summed E-state index contributed by atoms with van der Waals surface area (Å²) >= 11 is 1.57. The lowest BCUT2D eigenvalue weighted by atomic mass is 10.1. The van der Waals surface area contributed by atoms with Crippen LogP contribution >= 0.6 is 11.3 Å². The minimum absolute atomic E-state index is 0.0260. The van der Waals surface area contributed by atoms with Crippen molar-refractivity contribution in [1.29, 1.82) is 0 Å². The zero-order valence-electron chi connectivity index (χ0n) is 15.3. The largest absolute Gasteiger partial charge is 0.573 e. The number of amides is 1. The van der Waals surface area contributed by atoms with Crippen LogP contribution in [-0.2, 0) is 21.2 Å². The number of carbonyl (C=O) groups excluding carboxylic acids is 1. The number of alkyl halides is 3. The molecule has 0 aliphatic carbocycles. The van der Waals surface area contributed by atoms with E-state index < -0.39 is 22.1 Å². The predicted molar refractivity (Wildman–Crippen MR) is 101 cm³/mol. The number of piperazine rings is 1. The van der Waals surface area contributed by atoms with Crippen molar-refractivity contribution in [2.45, 2.75) is 24.1 Å². The van der Waals surface area contributed by atoms with Gasteiger partial charge in [0.05, 0.1) is 4.90 Å². The number of ether oxygens (including phenoxy) is 1. The van der Waals surface area contributed by atoms with Crippen molar-refractivity contribution in [3.8, 4) is 5.75 Å². The Labute approximate surface area is 170 Å². The van der Waals surface area contributed by atoms with Gasteiger partial charge in [-0.1, -0.05) is 0 Å². The molecule has 1 fully saturated rings. The van der Waals surface area contributed by atoms with Crippen LogP contribution in [0.15, 0.2) is 46.0 Å². The first-order valence-electron chi connectivity index (χ1n) is 8.80. The second-order valence-electron chi connectivity index (χ2n) is 6.44. The van der Waals surface area contributed by atoms with Gasteiger partial charge in [0, 0.05) is 32.6 Å². The van der Waals surface area contributed by atoms with Gasteiger partial charge in [0.15, 0.2) is 0 Å². The fourth-order valence-electron chi connectivity index (χ4n) is 2.98. The van der Waals surface area contributed by atoms with Crippen LogP contribution in [0.4, 0.5) is 13.2 Å². The Kier molecular flexibility index (Phi) is 6.49. The number of hydrogen-bond acceptors (Lipinski definition) is 5. The van der Waals surface area contributed by atoms with Gasteiger partial charge in [0.2, 0.25) is 15.9 Å². The summed E-state index contributed by atoms with van der Waals surface area (Å²) in [6.45, 7) is 0.814. The molecule has 0 saturated carbocycles. The molecule has 1 aromatic heterocycles. The lowest BCUT2D eigenvalue weighted by Gasteiger charge is -2.34. The maximum atomic E-state index is 12.7. The van der Waals surface area contributed by atoms with Crippen molar-refractivity contribution >= 4 is 27.3 Å². The van der Waals surface area contributed by atoms with Gasteiger partial charge in [0.25, 0.3) is 0 Å². The van der Waals surface area contributed by atoms with Gasteiger partial charge in [-0.05, 0) is 53.1 Å². The Morgan fingerprint density at radius 3 is 2.28 bits per heavy atom. The van der Waals surface area contributed by atoms with E-state index in [1.165, 1.54) is 4.31 Å². The van der Waals surface area contributed by atoms with Gasteiger partial charge in [-0.25, -0.2) is 8.42 Å². The molecular weight excluding hydrogens is 429 g/mol. The fourth-order valence-corrected chi connectivity index (χ4v) is 5.11. The number of thiophene rings is 1. The third-order valence-electron chi connectivity index (χ3n) is 4.49. The molecule has 11 heteroatoms. The van der Waals surface area contributed by atoms with Crippen molar-refractivity contribution < 1.29 is 31.1 Å². The highest BCUT2D eigenvalue weighted by Crippen LogP contribution is 2.25. The van der Waals surface area contributed by atoms with Crippen LogP contribution in [0.3, 0.4) is 0 Å². The van der Waals surface area contributed by atoms with Gasteiger partial charge < -0.3 is 9.64 Å². The Morgan fingerprint density at radius 2 is 1.72 bits per heavy atom. The summed E-state index contributed by atoms with van der Waals surface area (Å²) < 4.78 is 67.1. The van der Waals surface area contributed by atoms with E-state index in [-0.39, 0.29) is 37.0 Å². The van der Waals surface area contributed by atoms with E-state index in [2.05, 4.69) is 4.74 Å². The monoisotopic (exact) mass is 448 g/mol. The minimum atomic E-state index is -4.84. The van der Waals surface area contributed by atoms with Crippen LogP contribution in [-0.4, -0.2) is 56.1 Å². The van der Waals surface area contributed by atoms with Crippen LogP contribution in [0.5, 0.6) is 5.75 Å². The van der Waals surface area contributed by atoms with Crippen molar-refractivity contribution in [3.63, 3.8) is 0 Å². The molecule has 1 aliphatic rings. The topological polar surface area (TPSA) is 66.9 Å². The highest BCUT2D eigenvalue weighted by atomic mass is 32.2. The van der Waals surface area contributed by atoms with Crippen LogP contribution in [0.2, 0.25) is 0 Å². The number of benzene rings is 1. The Hall–Kier alpha value is -2.11. The summed E-state index contributed by atoms with van der Waals surface area (Å²) in [6, 6.07) is 6.05. The molecule has 0 atom stereocenters. The Bertz CT molecular complexity index is 921. The molecule has 0 radical (unpaired) electrons. The van der Waals surface area contributed by atoms with Crippen LogP contribution in [0.1, 0.15) is 12.0 Å². The average molecular weight is 448 g/mol. The van der Waals surface area contributed by atoms with Gasteiger partial charge in [0.1, 0.15) is 5.75 Å². The third kappa shape index (κ3) is 5.71. The van der Waals surface area contributed by atoms with Gasteiger partial charge in [-0.3, -0.25) is 4.79 Å². The highest BCUT2D eigenvalue weighted by Gasteiger charge is 2.32. The number of sulfonamides is 1. The standard InChI is InChI=1S/C18H19F3N2O4S2/c19-18(20,21)27-15-2-4-16(5-3-15)29(25,26)23-10-8-22(9-11-23)17(24)6-1-14-7-12-28-13-14/h2-5,7,12-13H,1,6,8-11H2. The van der Waals surface area contributed by atoms with E-state index in [1.54, 1.807) is 16.2 Å². The van der Waals surface area contributed by atoms with Crippen LogP contribution < -0.4 is 4.74 Å². The molecule has 6 nitrogen and oxygen atoms in total. The molecule has 1 aliphatic heterocycles. The first-order valence-corrected chi connectivity index (χ1v) is 11.2. The minimum Gasteiger partial charge on any atom is -0.406 e. The van der Waals surface area contributed by atoms with E-state index in [1.807, 2.05) is 16.8 Å². The average Bonchev–Trinajstić information content (AvgIpc) is 3.19. The van der Waals surface area contributed by atoms with Crippen molar-refractivity contribution in [2.24, 2.45) is 0 Å². The summed E-state index contributed by atoms with van der Waals surface area (Å²) in [7, 11) is -3.86. The fraction of sp³-hybridized carbons (Fsp3) is 0.389. The Morgan fingerprint density at radius 1 is 1.07 bits per heavy atom. The maximum Gasteiger partial charge on any atom is 0.573 e. The molecule has 1 amide bonds.